The summed E-state index contributed by atoms with van der Waals surface area (Å²) in [6, 6.07) is 11.2. The van der Waals surface area contributed by atoms with E-state index < -0.39 is 0 Å². The average Bonchev–Trinajstić information content (AvgIpc) is 2.36. The highest BCUT2D eigenvalue weighted by Crippen LogP contribution is 2.10. The molecule has 0 bridgehead atoms. The van der Waals surface area contributed by atoms with E-state index >= 15 is 0 Å². The largest absolute Gasteiger partial charge is 0.378 e. The van der Waals surface area contributed by atoms with Crippen molar-refractivity contribution in [3.05, 3.63) is 35.9 Å². The molecule has 0 radical (unpaired) electrons. The summed E-state index contributed by atoms with van der Waals surface area (Å²) >= 11 is 0. The van der Waals surface area contributed by atoms with Gasteiger partial charge in [-0.15, -0.1) is 0 Å². The summed E-state index contributed by atoms with van der Waals surface area (Å²) in [6.07, 6.45) is 1.09. The Balaban J connectivity index is 0.000000606. The van der Waals surface area contributed by atoms with Crippen LogP contribution in [0, 0.1) is 0 Å². The van der Waals surface area contributed by atoms with Crippen molar-refractivity contribution in [2.45, 2.75) is 26.3 Å². The lowest BCUT2D eigenvalue weighted by Gasteiger charge is -2.32. The normalized spacial score (nSPS) is 21.1. The van der Waals surface area contributed by atoms with Crippen LogP contribution < -0.4 is 0 Å². The van der Waals surface area contributed by atoms with Crippen molar-refractivity contribution in [1.82, 2.24) is 4.90 Å². The Morgan fingerprint density at radius 1 is 1.25 bits per heavy atom. The zero-order valence-corrected chi connectivity index (χ0v) is 10.6. The van der Waals surface area contributed by atoms with E-state index in [-0.39, 0.29) is 0 Å². The van der Waals surface area contributed by atoms with Crippen LogP contribution in [-0.2, 0) is 11.2 Å². The van der Waals surface area contributed by atoms with Crippen LogP contribution in [0.3, 0.4) is 0 Å². The van der Waals surface area contributed by atoms with Gasteiger partial charge in [-0.05, 0) is 19.0 Å². The molecule has 0 aliphatic carbocycles. The monoisotopic (exact) mass is 221 g/mol. The molecule has 1 unspecified atom stereocenters. The molecule has 1 aliphatic heterocycles. The molecule has 2 nitrogen and oxygen atoms in total. The van der Waals surface area contributed by atoms with Gasteiger partial charge in [0.15, 0.2) is 0 Å². The van der Waals surface area contributed by atoms with Crippen LogP contribution in [0.1, 0.15) is 19.4 Å². The van der Waals surface area contributed by atoms with Crippen LogP contribution in [0.25, 0.3) is 0 Å². The maximum atomic E-state index is 5.48. The molecule has 1 aliphatic rings. The molecule has 16 heavy (non-hydrogen) atoms. The number of hydrogen-bond acceptors (Lipinski definition) is 2. The number of rotatable bonds is 2. The maximum absolute atomic E-state index is 5.48. The predicted octanol–water partition coefficient (Wildman–Crippen LogP) is 2.59. The van der Waals surface area contributed by atoms with E-state index in [1.165, 1.54) is 5.56 Å². The fraction of sp³-hybridized carbons (Fsp3) is 0.571. The molecule has 0 N–H and O–H groups in total. The average molecular weight is 221 g/mol. The first-order valence-corrected chi connectivity index (χ1v) is 6.18. The number of benzene rings is 1. The summed E-state index contributed by atoms with van der Waals surface area (Å²) in [5.74, 6) is 0. The molecule has 0 spiro atoms. The van der Waals surface area contributed by atoms with Crippen LogP contribution in [0.4, 0.5) is 0 Å². The van der Waals surface area contributed by atoms with Gasteiger partial charge in [0.1, 0.15) is 0 Å². The summed E-state index contributed by atoms with van der Waals surface area (Å²) in [5.41, 5.74) is 1.40. The molecular formula is C14H23NO. The van der Waals surface area contributed by atoms with Crippen molar-refractivity contribution < 1.29 is 4.74 Å². The summed E-state index contributed by atoms with van der Waals surface area (Å²) in [7, 11) is 2.18. The number of likely N-dealkylation sites (N-methyl/N-ethyl adjacent to an activating group) is 1. The SMILES string of the molecule is CC.CN1CCOCC1Cc1ccccc1. The van der Waals surface area contributed by atoms with E-state index in [0.29, 0.717) is 6.04 Å². The molecule has 1 aromatic carbocycles. The van der Waals surface area contributed by atoms with Crippen molar-refractivity contribution >= 4 is 0 Å². The van der Waals surface area contributed by atoms with Gasteiger partial charge in [0.05, 0.1) is 13.2 Å². The Labute approximate surface area is 99.2 Å². The lowest BCUT2D eigenvalue weighted by molar-refractivity contribution is 0.00624. The Hall–Kier alpha value is -0.860. The maximum Gasteiger partial charge on any atom is 0.0625 e. The lowest BCUT2D eigenvalue weighted by atomic mass is 10.1. The molecule has 1 saturated heterocycles. The summed E-state index contributed by atoms with van der Waals surface area (Å²) in [4.78, 5) is 2.39. The molecule has 1 heterocycles. The van der Waals surface area contributed by atoms with Crippen LogP contribution in [0.15, 0.2) is 30.3 Å². The van der Waals surface area contributed by atoms with Gasteiger partial charge in [0, 0.05) is 12.6 Å². The molecule has 0 saturated carbocycles. The van der Waals surface area contributed by atoms with Crippen molar-refractivity contribution in [2.24, 2.45) is 0 Å². The molecule has 2 heteroatoms. The Kier molecular flexibility index (Phi) is 6.12. The second kappa shape index (κ2) is 7.42. The molecular weight excluding hydrogens is 198 g/mol. The Bertz CT molecular complexity index is 273. The number of nitrogens with zero attached hydrogens (tertiary/aromatic N) is 1. The molecule has 1 aromatic rings. The topological polar surface area (TPSA) is 12.5 Å². The van der Waals surface area contributed by atoms with Crippen molar-refractivity contribution in [1.29, 1.82) is 0 Å². The molecule has 1 atom stereocenters. The van der Waals surface area contributed by atoms with E-state index in [1.54, 1.807) is 0 Å². The highest BCUT2D eigenvalue weighted by molar-refractivity contribution is 5.16. The predicted molar refractivity (Wildman–Crippen MR) is 68.7 cm³/mol. The van der Waals surface area contributed by atoms with Gasteiger partial charge in [0.2, 0.25) is 0 Å². The van der Waals surface area contributed by atoms with Gasteiger partial charge in [-0.2, -0.15) is 0 Å². The number of ether oxygens (including phenoxy) is 1. The third-order valence-electron chi connectivity index (χ3n) is 2.84. The van der Waals surface area contributed by atoms with E-state index in [9.17, 15) is 0 Å². The number of hydrogen-bond donors (Lipinski definition) is 0. The van der Waals surface area contributed by atoms with Crippen LogP contribution in [0.2, 0.25) is 0 Å². The van der Waals surface area contributed by atoms with Gasteiger partial charge in [-0.25, -0.2) is 0 Å². The summed E-state index contributed by atoms with van der Waals surface area (Å²) in [6.45, 7) is 6.80. The number of morpholine rings is 1. The van der Waals surface area contributed by atoms with Crippen LogP contribution in [0.5, 0.6) is 0 Å². The first kappa shape index (κ1) is 13.2. The van der Waals surface area contributed by atoms with E-state index in [0.717, 1.165) is 26.2 Å². The minimum atomic E-state index is 0.547. The molecule has 0 amide bonds. The third-order valence-corrected chi connectivity index (χ3v) is 2.84. The molecule has 2 rings (SSSR count). The Morgan fingerprint density at radius 2 is 1.94 bits per heavy atom. The fourth-order valence-corrected chi connectivity index (χ4v) is 1.84. The standard InChI is InChI=1S/C12H17NO.C2H6/c1-13-7-8-14-10-12(13)9-11-5-3-2-4-6-11;1-2/h2-6,12H,7-10H2,1H3;1-2H3. The minimum absolute atomic E-state index is 0.547. The van der Waals surface area contributed by atoms with Gasteiger partial charge >= 0.3 is 0 Å². The zero-order chi connectivity index (χ0) is 11.8. The van der Waals surface area contributed by atoms with Crippen molar-refractivity contribution in [3.63, 3.8) is 0 Å². The van der Waals surface area contributed by atoms with E-state index in [4.69, 9.17) is 4.74 Å². The van der Waals surface area contributed by atoms with E-state index in [1.807, 2.05) is 13.8 Å². The second-order valence-electron chi connectivity index (χ2n) is 3.90. The Morgan fingerprint density at radius 3 is 2.56 bits per heavy atom. The highest BCUT2D eigenvalue weighted by Gasteiger charge is 2.19. The molecule has 90 valence electrons. The van der Waals surface area contributed by atoms with Gasteiger partial charge in [-0.3, -0.25) is 4.90 Å². The molecule has 1 fully saturated rings. The van der Waals surface area contributed by atoms with Gasteiger partial charge < -0.3 is 4.74 Å². The first-order chi connectivity index (χ1) is 7.86. The summed E-state index contributed by atoms with van der Waals surface area (Å²) < 4.78 is 5.48. The fourth-order valence-electron chi connectivity index (χ4n) is 1.84. The minimum Gasteiger partial charge on any atom is -0.378 e. The highest BCUT2D eigenvalue weighted by atomic mass is 16.5. The zero-order valence-electron chi connectivity index (χ0n) is 10.6. The quantitative estimate of drug-likeness (QED) is 0.761. The van der Waals surface area contributed by atoms with Gasteiger partial charge in [0.25, 0.3) is 0 Å². The van der Waals surface area contributed by atoms with E-state index in [2.05, 4.69) is 42.3 Å². The van der Waals surface area contributed by atoms with Crippen molar-refractivity contribution in [3.8, 4) is 0 Å². The second-order valence-corrected chi connectivity index (χ2v) is 3.90. The molecule has 0 aromatic heterocycles. The third kappa shape index (κ3) is 3.95. The lowest BCUT2D eigenvalue weighted by Crippen LogP contribution is -2.43. The summed E-state index contributed by atoms with van der Waals surface area (Å²) in [5, 5.41) is 0. The van der Waals surface area contributed by atoms with Crippen LogP contribution >= 0.6 is 0 Å². The van der Waals surface area contributed by atoms with Gasteiger partial charge in [-0.1, -0.05) is 44.2 Å². The van der Waals surface area contributed by atoms with Crippen LogP contribution in [-0.4, -0.2) is 37.7 Å². The van der Waals surface area contributed by atoms with Crippen molar-refractivity contribution in [2.75, 3.05) is 26.8 Å². The smallest absolute Gasteiger partial charge is 0.0625 e. The first-order valence-electron chi connectivity index (χ1n) is 6.18.